The Morgan fingerprint density at radius 3 is 1.34 bits per heavy atom. The molecule has 0 unspecified atom stereocenters. The molecule has 0 N–H and O–H groups in total. The molecule has 3 heteroatoms. The van der Waals surface area contributed by atoms with Crippen molar-refractivity contribution in [2.24, 2.45) is 0 Å². The number of nitrogens with zero attached hydrogens (tertiary/aromatic N) is 2. The summed E-state index contributed by atoms with van der Waals surface area (Å²) in [6.07, 6.45) is 4.00. The van der Waals surface area contributed by atoms with Gasteiger partial charge in [0.1, 0.15) is 0 Å². The third kappa shape index (κ3) is 4.84. The fourth-order valence-electron chi connectivity index (χ4n) is 5.93. The minimum Gasteiger partial charge on any atom is -0.308 e. The number of pyridine rings is 1. The largest absolute Gasteiger partial charge is 0.308 e. The summed E-state index contributed by atoms with van der Waals surface area (Å²) in [5.41, 5.74) is 10.5. The maximum absolute atomic E-state index is 4.74. The van der Waals surface area contributed by atoms with Crippen LogP contribution in [0.4, 0.5) is 17.1 Å². The van der Waals surface area contributed by atoms with Crippen molar-refractivity contribution in [3.8, 4) is 33.4 Å². The van der Waals surface area contributed by atoms with E-state index in [0.717, 1.165) is 17.1 Å². The van der Waals surface area contributed by atoms with Crippen LogP contribution in [0.5, 0.6) is 0 Å². The molecule has 2 aromatic heterocycles. The number of thiophene rings is 1. The first-order chi connectivity index (χ1) is 21.8. The molecular weight excluding hydrogens is 553 g/mol. The summed E-state index contributed by atoms with van der Waals surface area (Å²) < 4.78 is 2.50. The molecule has 8 rings (SSSR count). The van der Waals surface area contributed by atoms with Crippen LogP contribution in [0.15, 0.2) is 170 Å². The van der Waals surface area contributed by atoms with Crippen molar-refractivity contribution in [1.29, 1.82) is 0 Å². The molecule has 0 saturated heterocycles. The highest BCUT2D eigenvalue weighted by Crippen LogP contribution is 2.44. The summed E-state index contributed by atoms with van der Waals surface area (Å²) in [5, 5.41) is 2.43. The minimum absolute atomic E-state index is 1.08. The van der Waals surface area contributed by atoms with Crippen LogP contribution in [-0.4, -0.2) is 4.98 Å². The second-order valence-corrected chi connectivity index (χ2v) is 11.9. The van der Waals surface area contributed by atoms with Gasteiger partial charge in [-0.1, -0.05) is 127 Å². The van der Waals surface area contributed by atoms with Crippen LogP contribution >= 0.6 is 11.3 Å². The summed E-state index contributed by atoms with van der Waals surface area (Å²) in [5.74, 6) is 0. The lowest BCUT2D eigenvalue weighted by Crippen LogP contribution is -2.10. The maximum atomic E-state index is 4.74. The van der Waals surface area contributed by atoms with Crippen molar-refractivity contribution in [2.45, 2.75) is 0 Å². The van der Waals surface area contributed by atoms with Gasteiger partial charge in [-0.2, -0.15) is 0 Å². The molecule has 2 nitrogen and oxygen atoms in total. The van der Waals surface area contributed by atoms with Gasteiger partial charge in [-0.25, -0.2) is 0 Å². The van der Waals surface area contributed by atoms with E-state index in [1.165, 1.54) is 53.6 Å². The summed E-state index contributed by atoms with van der Waals surface area (Å²) in [4.78, 5) is 7.07. The lowest BCUT2D eigenvalue weighted by atomic mass is 10.00. The van der Waals surface area contributed by atoms with Gasteiger partial charge in [0.15, 0.2) is 0 Å². The van der Waals surface area contributed by atoms with Crippen molar-refractivity contribution in [3.05, 3.63) is 170 Å². The summed E-state index contributed by atoms with van der Waals surface area (Å²) >= 11 is 1.82. The first-order valence-corrected chi connectivity index (χ1v) is 15.6. The average molecular weight is 581 g/mol. The molecule has 0 bridgehead atoms. The highest BCUT2D eigenvalue weighted by molar-refractivity contribution is 7.26. The molecule has 6 aromatic carbocycles. The van der Waals surface area contributed by atoms with Crippen LogP contribution in [-0.2, 0) is 0 Å². The van der Waals surface area contributed by atoms with E-state index in [9.17, 15) is 0 Å². The molecular formula is C41H28N2S. The van der Waals surface area contributed by atoms with Crippen molar-refractivity contribution in [2.75, 3.05) is 4.90 Å². The molecule has 8 aromatic rings. The Morgan fingerprint density at radius 2 is 0.818 bits per heavy atom. The van der Waals surface area contributed by atoms with Crippen LogP contribution in [0.25, 0.3) is 53.6 Å². The van der Waals surface area contributed by atoms with E-state index in [1.54, 1.807) is 0 Å². The molecule has 0 radical (unpaired) electrons. The van der Waals surface area contributed by atoms with Crippen LogP contribution in [0, 0.1) is 0 Å². The molecule has 0 aliphatic rings. The zero-order valence-electron chi connectivity index (χ0n) is 24.0. The molecule has 0 amide bonds. The molecule has 0 atom stereocenters. The van der Waals surface area contributed by atoms with Crippen molar-refractivity contribution < 1.29 is 0 Å². The van der Waals surface area contributed by atoms with Gasteiger partial charge in [-0.15, -0.1) is 11.3 Å². The van der Waals surface area contributed by atoms with Crippen LogP contribution in [0.1, 0.15) is 0 Å². The predicted octanol–water partition coefficient (Wildman–Crippen LogP) is 11.9. The van der Waals surface area contributed by atoms with Gasteiger partial charge in [0.25, 0.3) is 0 Å². The third-order valence-electron chi connectivity index (χ3n) is 8.19. The van der Waals surface area contributed by atoms with E-state index in [1.807, 2.05) is 23.7 Å². The van der Waals surface area contributed by atoms with Gasteiger partial charge in [-0.05, 0) is 63.7 Å². The fraction of sp³-hybridized carbons (Fsp3) is 0. The molecule has 2 heterocycles. The minimum atomic E-state index is 1.08. The number of hydrogen-bond acceptors (Lipinski definition) is 3. The smallest absolute Gasteiger partial charge is 0.0824 e. The van der Waals surface area contributed by atoms with Gasteiger partial charge in [0, 0.05) is 33.0 Å². The number of rotatable bonds is 6. The molecule has 0 aliphatic heterocycles. The molecule has 0 saturated carbocycles. The highest BCUT2D eigenvalue weighted by atomic mass is 32.1. The molecule has 0 aliphatic carbocycles. The monoisotopic (exact) mass is 580 g/mol. The summed E-state index contributed by atoms with van der Waals surface area (Å²) in [6.45, 7) is 0. The maximum Gasteiger partial charge on any atom is 0.0824 e. The van der Waals surface area contributed by atoms with Gasteiger partial charge in [0.05, 0.1) is 16.6 Å². The van der Waals surface area contributed by atoms with E-state index in [4.69, 9.17) is 4.98 Å². The number of hydrogen-bond donors (Lipinski definition) is 0. The van der Waals surface area contributed by atoms with Crippen molar-refractivity contribution in [3.63, 3.8) is 0 Å². The highest BCUT2D eigenvalue weighted by Gasteiger charge is 2.19. The lowest BCUT2D eigenvalue weighted by molar-refractivity contribution is 1.26. The predicted molar refractivity (Wildman–Crippen MR) is 188 cm³/mol. The SMILES string of the molecule is c1ccc(-c2ccc(-c3ccc(N(c4ccc(-c5ccccc5)cc4)c4cncc5c4sc4ccccc45)cc3)cc2)cc1. The Hall–Kier alpha value is -5.51. The first kappa shape index (κ1) is 26.1. The van der Waals surface area contributed by atoms with Crippen molar-refractivity contribution >= 4 is 48.6 Å². The zero-order chi connectivity index (χ0) is 29.3. The Kier molecular flexibility index (Phi) is 6.71. The Morgan fingerprint density at radius 1 is 0.386 bits per heavy atom. The van der Waals surface area contributed by atoms with E-state index >= 15 is 0 Å². The number of fused-ring (bicyclic) bond motifs is 3. The lowest BCUT2D eigenvalue weighted by Gasteiger charge is -2.26. The third-order valence-corrected chi connectivity index (χ3v) is 9.40. The van der Waals surface area contributed by atoms with Gasteiger partial charge >= 0.3 is 0 Å². The second-order valence-electron chi connectivity index (χ2n) is 10.9. The van der Waals surface area contributed by atoms with Crippen LogP contribution in [0.2, 0.25) is 0 Å². The standard InChI is InChI=1S/C41H28N2S/c1-3-9-29(10-4-1)31-15-17-32(18-16-31)34-21-25-36(26-22-34)43(35-23-19-33(20-24-35)30-11-5-2-6-12-30)39-28-42-27-38-37-13-7-8-14-40(37)44-41(38)39/h1-28H. The van der Waals surface area contributed by atoms with Crippen LogP contribution < -0.4 is 4.90 Å². The molecule has 208 valence electrons. The van der Waals surface area contributed by atoms with Gasteiger partial charge in [-0.3, -0.25) is 4.98 Å². The number of benzene rings is 6. The first-order valence-electron chi connectivity index (χ1n) is 14.8. The molecule has 0 spiro atoms. The van der Waals surface area contributed by atoms with Crippen molar-refractivity contribution in [1.82, 2.24) is 4.98 Å². The van der Waals surface area contributed by atoms with Gasteiger partial charge in [0.2, 0.25) is 0 Å². The number of anilines is 3. The van der Waals surface area contributed by atoms with E-state index in [-0.39, 0.29) is 0 Å². The number of aromatic nitrogens is 1. The van der Waals surface area contributed by atoms with E-state index < -0.39 is 0 Å². The average Bonchev–Trinajstić information content (AvgIpc) is 3.50. The fourth-order valence-corrected chi connectivity index (χ4v) is 7.11. The molecule has 44 heavy (non-hydrogen) atoms. The topological polar surface area (TPSA) is 16.1 Å². The Bertz CT molecular complexity index is 2180. The van der Waals surface area contributed by atoms with E-state index in [0.29, 0.717) is 0 Å². The van der Waals surface area contributed by atoms with E-state index in [2.05, 4.69) is 163 Å². The zero-order valence-corrected chi connectivity index (χ0v) is 24.8. The normalized spacial score (nSPS) is 11.2. The summed E-state index contributed by atoms with van der Waals surface area (Å²) in [6, 6.07) is 56.2. The quantitative estimate of drug-likeness (QED) is 0.194. The Labute approximate surface area is 261 Å². The summed E-state index contributed by atoms with van der Waals surface area (Å²) in [7, 11) is 0. The van der Waals surface area contributed by atoms with Gasteiger partial charge < -0.3 is 4.90 Å². The molecule has 0 fully saturated rings. The second kappa shape index (κ2) is 11.3. The Balaban J connectivity index is 1.21. The van der Waals surface area contributed by atoms with Crippen LogP contribution in [0.3, 0.4) is 0 Å².